The van der Waals surface area contributed by atoms with E-state index in [-0.39, 0.29) is 17.4 Å². The molecule has 0 amide bonds. The third-order valence-corrected chi connectivity index (χ3v) is 2.68. The van der Waals surface area contributed by atoms with Crippen LogP contribution in [0.25, 0.3) is 0 Å². The van der Waals surface area contributed by atoms with Crippen molar-refractivity contribution in [2.75, 3.05) is 6.61 Å². The number of unbranched alkanes of at least 4 members (excludes halogenated alkanes) is 2. The van der Waals surface area contributed by atoms with E-state index in [4.69, 9.17) is 16.3 Å². The van der Waals surface area contributed by atoms with Gasteiger partial charge in [-0.1, -0.05) is 31.4 Å². The number of alkyl halides is 3. The molecule has 19 heavy (non-hydrogen) atoms. The third-order valence-electron chi connectivity index (χ3n) is 2.45. The van der Waals surface area contributed by atoms with Gasteiger partial charge in [-0.25, -0.2) is 0 Å². The molecule has 0 aromatic heterocycles. The molecule has 0 aliphatic carbocycles. The van der Waals surface area contributed by atoms with Crippen LogP contribution in [0.1, 0.15) is 36.5 Å². The highest BCUT2D eigenvalue weighted by Gasteiger charge is 2.40. The lowest BCUT2D eigenvalue weighted by Gasteiger charge is -2.12. The van der Waals surface area contributed by atoms with Gasteiger partial charge in [0.25, 0.3) is 5.78 Å². The molecule has 106 valence electrons. The van der Waals surface area contributed by atoms with E-state index < -0.39 is 17.5 Å². The molecular weight excluding hydrogens is 281 g/mol. The van der Waals surface area contributed by atoms with Crippen molar-refractivity contribution in [1.29, 1.82) is 0 Å². The zero-order valence-corrected chi connectivity index (χ0v) is 11.1. The minimum absolute atomic E-state index is 0.0634. The van der Waals surface area contributed by atoms with Gasteiger partial charge >= 0.3 is 6.18 Å². The van der Waals surface area contributed by atoms with Crippen molar-refractivity contribution in [1.82, 2.24) is 0 Å². The Hall–Kier alpha value is -1.23. The van der Waals surface area contributed by atoms with Crippen LogP contribution < -0.4 is 4.74 Å². The topological polar surface area (TPSA) is 26.3 Å². The van der Waals surface area contributed by atoms with Crippen molar-refractivity contribution in [2.45, 2.75) is 32.4 Å². The summed E-state index contributed by atoms with van der Waals surface area (Å²) in [6.07, 6.45) is -2.33. The predicted molar refractivity (Wildman–Crippen MR) is 66.9 cm³/mol. The molecule has 0 atom stereocenters. The summed E-state index contributed by atoms with van der Waals surface area (Å²) in [5, 5.41) is 0.0634. The van der Waals surface area contributed by atoms with Crippen LogP contribution in [0.3, 0.4) is 0 Å². The fourth-order valence-electron chi connectivity index (χ4n) is 1.49. The molecule has 0 aliphatic rings. The van der Waals surface area contributed by atoms with Crippen molar-refractivity contribution in [3.63, 3.8) is 0 Å². The molecule has 1 aromatic carbocycles. The fourth-order valence-corrected chi connectivity index (χ4v) is 1.66. The number of ketones is 1. The molecule has 0 aliphatic heterocycles. The molecular formula is C13H14ClF3O2. The maximum absolute atomic E-state index is 12.4. The normalized spacial score (nSPS) is 11.4. The Morgan fingerprint density at radius 1 is 1.32 bits per heavy atom. The Morgan fingerprint density at radius 2 is 2.00 bits per heavy atom. The van der Waals surface area contributed by atoms with Gasteiger partial charge in [-0.05, 0) is 24.6 Å². The molecule has 0 radical (unpaired) electrons. The Morgan fingerprint density at radius 3 is 2.58 bits per heavy atom. The van der Waals surface area contributed by atoms with E-state index in [0.29, 0.717) is 0 Å². The van der Waals surface area contributed by atoms with Crippen LogP contribution in [-0.2, 0) is 0 Å². The van der Waals surface area contributed by atoms with Crippen molar-refractivity contribution < 1.29 is 22.7 Å². The molecule has 0 N–H and O–H groups in total. The predicted octanol–water partition coefficient (Wildman–Crippen LogP) is 4.65. The number of hydrogen-bond acceptors (Lipinski definition) is 2. The van der Waals surface area contributed by atoms with Gasteiger partial charge in [-0.3, -0.25) is 4.79 Å². The van der Waals surface area contributed by atoms with Gasteiger partial charge in [0, 0.05) is 5.02 Å². The maximum atomic E-state index is 12.4. The van der Waals surface area contributed by atoms with E-state index in [1.54, 1.807) is 0 Å². The Kier molecular flexibility index (Phi) is 5.66. The summed E-state index contributed by atoms with van der Waals surface area (Å²) < 4.78 is 42.6. The number of ether oxygens (including phenoxy) is 1. The van der Waals surface area contributed by atoms with E-state index in [2.05, 4.69) is 0 Å². The summed E-state index contributed by atoms with van der Waals surface area (Å²) >= 11 is 5.62. The van der Waals surface area contributed by atoms with E-state index in [1.165, 1.54) is 12.1 Å². The lowest BCUT2D eigenvalue weighted by atomic mass is 10.1. The molecule has 1 aromatic rings. The summed E-state index contributed by atoms with van der Waals surface area (Å²) in [4.78, 5) is 11.3. The Balaban J connectivity index is 2.89. The van der Waals surface area contributed by atoms with Gasteiger partial charge < -0.3 is 4.74 Å². The molecule has 0 spiro atoms. The average Bonchev–Trinajstić information content (AvgIpc) is 2.34. The first-order valence-corrected chi connectivity index (χ1v) is 6.28. The number of hydrogen-bond donors (Lipinski definition) is 0. The van der Waals surface area contributed by atoms with Gasteiger partial charge in [0.1, 0.15) is 5.75 Å². The fraction of sp³-hybridized carbons (Fsp3) is 0.462. The number of halogens is 4. The van der Waals surface area contributed by atoms with E-state index in [9.17, 15) is 18.0 Å². The average molecular weight is 295 g/mol. The largest absolute Gasteiger partial charge is 0.493 e. The van der Waals surface area contributed by atoms with Crippen molar-refractivity contribution in [3.8, 4) is 5.75 Å². The van der Waals surface area contributed by atoms with E-state index >= 15 is 0 Å². The minimum atomic E-state index is -4.94. The molecule has 0 saturated carbocycles. The highest BCUT2D eigenvalue weighted by atomic mass is 35.5. The highest BCUT2D eigenvalue weighted by Crippen LogP contribution is 2.30. The first-order valence-electron chi connectivity index (χ1n) is 5.90. The van der Waals surface area contributed by atoms with E-state index in [0.717, 1.165) is 25.3 Å². The maximum Gasteiger partial charge on any atom is 0.455 e. The zero-order valence-electron chi connectivity index (χ0n) is 10.4. The number of carbonyl (C=O) groups excluding carboxylic acids is 1. The van der Waals surface area contributed by atoms with Crippen LogP contribution >= 0.6 is 11.6 Å². The van der Waals surface area contributed by atoms with Crippen LogP contribution in [0, 0.1) is 0 Å². The number of Topliss-reactive ketones (excluding diaryl/α,β-unsaturated/α-hetero) is 1. The van der Waals surface area contributed by atoms with Gasteiger partial charge in [0.2, 0.25) is 0 Å². The van der Waals surface area contributed by atoms with Gasteiger partial charge in [0.05, 0.1) is 12.2 Å². The SMILES string of the molecule is CCCCCOc1ccc(Cl)cc1C(=O)C(F)(F)F. The van der Waals surface area contributed by atoms with Crippen LogP contribution in [0.2, 0.25) is 5.02 Å². The summed E-state index contributed by atoms with van der Waals surface area (Å²) in [6, 6.07) is 3.66. The van der Waals surface area contributed by atoms with Gasteiger partial charge in [-0.15, -0.1) is 0 Å². The lowest BCUT2D eigenvalue weighted by Crippen LogP contribution is -2.23. The molecule has 0 unspecified atom stereocenters. The van der Waals surface area contributed by atoms with Crippen LogP contribution in [0.4, 0.5) is 13.2 Å². The standard InChI is InChI=1S/C13H14ClF3O2/c1-2-3-4-7-19-11-6-5-9(14)8-10(11)12(18)13(15,16)17/h5-6,8H,2-4,7H2,1H3. The third kappa shape index (κ3) is 4.74. The zero-order chi connectivity index (χ0) is 14.5. The summed E-state index contributed by atoms with van der Waals surface area (Å²) in [7, 11) is 0. The molecule has 0 bridgehead atoms. The van der Waals surface area contributed by atoms with Crippen molar-refractivity contribution >= 4 is 17.4 Å². The van der Waals surface area contributed by atoms with Gasteiger partial charge in [0.15, 0.2) is 0 Å². The molecule has 0 heterocycles. The quantitative estimate of drug-likeness (QED) is 0.564. The molecule has 1 rings (SSSR count). The smallest absolute Gasteiger partial charge is 0.455 e. The molecule has 2 nitrogen and oxygen atoms in total. The number of carbonyl (C=O) groups is 1. The van der Waals surface area contributed by atoms with Crippen molar-refractivity contribution in [2.24, 2.45) is 0 Å². The Bertz CT molecular complexity index is 444. The summed E-state index contributed by atoms with van der Waals surface area (Å²) in [5.74, 6) is -2.02. The van der Waals surface area contributed by atoms with Crippen molar-refractivity contribution in [3.05, 3.63) is 28.8 Å². The second-order valence-corrected chi connectivity index (χ2v) is 4.46. The minimum Gasteiger partial charge on any atom is -0.493 e. The van der Waals surface area contributed by atoms with Crippen LogP contribution in [0.15, 0.2) is 18.2 Å². The molecule has 0 fully saturated rings. The first-order chi connectivity index (χ1) is 8.86. The monoisotopic (exact) mass is 294 g/mol. The van der Waals surface area contributed by atoms with Crippen LogP contribution in [-0.4, -0.2) is 18.6 Å². The first kappa shape index (κ1) is 15.8. The molecule has 0 saturated heterocycles. The van der Waals surface area contributed by atoms with Gasteiger partial charge in [-0.2, -0.15) is 13.2 Å². The highest BCUT2D eigenvalue weighted by molar-refractivity contribution is 6.31. The number of benzene rings is 1. The number of rotatable bonds is 6. The van der Waals surface area contributed by atoms with Crippen LogP contribution in [0.5, 0.6) is 5.75 Å². The summed E-state index contributed by atoms with van der Waals surface area (Å²) in [5.41, 5.74) is -0.545. The molecule has 6 heteroatoms. The Labute approximate surface area is 114 Å². The lowest BCUT2D eigenvalue weighted by molar-refractivity contribution is -0.0886. The summed E-state index contributed by atoms with van der Waals surface area (Å²) in [6.45, 7) is 2.27. The second kappa shape index (κ2) is 6.80. The van der Waals surface area contributed by atoms with E-state index in [1.807, 2.05) is 6.92 Å². The second-order valence-electron chi connectivity index (χ2n) is 4.02.